The number of rotatable bonds is 5. The largest absolute Gasteiger partial charge is 0.444 e. The van der Waals surface area contributed by atoms with E-state index in [0.717, 1.165) is 27.2 Å². The van der Waals surface area contributed by atoms with Gasteiger partial charge < -0.3 is 14.6 Å². The molecule has 9 heteroatoms. The molecule has 3 N–H and O–H groups in total. The molecule has 1 fully saturated rings. The Morgan fingerprint density at radius 1 is 0.929 bits per heavy atom. The summed E-state index contributed by atoms with van der Waals surface area (Å²) >= 11 is 0. The molecule has 0 bridgehead atoms. The van der Waals surface area contributed by atoms with Crippen molar-refractivity contribution < 1.29 is 19.1 Å². The number of fused-ring (bicyclic) bond motifs is 2. The number of nitrogens with one attached hydrogen (secondary N) is 3. The van der Waals surface area contributed by atoms with Crippen molar-refractivity contribution in [3.8, 4) is 6.07 Å². The number of nitrogens with zero attached hydrogens (tertiary/aromatic N) is 2. The van der Waals surface area contributed by atoms with Crippen LogP contribution in [0.25, 0.3) is 21.7 Å². The van der Waals surface area contributed by atoms with E-state index in [0.29, 0.717) is 43.5 Å². The monoisotopic (exact) mass is 565 g/mol. The predicted molar refractivity (Wildman–Crippen MR) is 160 cm³/mol. The van der Waals surface area contributed by atoms with Gasteiger partial charge in [0, 0.05) is 23.9 Å². The molecule has 3 aromatic carbocycles. The van der Waals surface area contributed by atoms with Crippen LogP contribution in [-0.4, -0.2) is 34.1 Å². The van der Waals surface area contributed by atoms with Gasteiger partial charge in [0.2, 0.25) is 5.91 Å². The zero-order valence-corrected chi connectivity index (χ0v) is 24.1. The fourth-order valence-corrected chi connectivity index (χ4v) is 5.54. The first-order valence-electron chi connectivity index (χ1n) is 14.2. The Morgan fingerprint density at radius 2 is 1.67 bits per heavy atom. The normalized spacial score (nSPS) is 16.9. The Labute approximate surface area is 244 Å². The molecule has 42 heavy (non-hydrogen) atoms. The number of nitriles is 1. The van der Waals surface area contributed by atoms with E-state index in [1.807, 2.05) is 67.8 Å². The van der Waals surface area contributed by atoms with Crippen molar-refractivity contribution in [2.75, 3.05) is 0 Å². The summed E-state index contributed by atoms with van der Waals surface area (Å²) in [6, 6.07) is 23.4. The third kappa shape index (κ3) is 6.55. The Kier molecular flexibility index (Phi) is 8.16. The van der Waals surface area contributed by atoms with Crippen LogP contribution in [0.2, 0.25) is 0 Å². The SMILES string of the molecule is CC(C)(C)OC(=O)NC1CCC(C(=O)NNC(=O)c2cc3ccc(C#N)cc3n2Cc2cccc3ccccc23)CC1. The highest BCUT2D eigenvalue weighted by atomic mass is 16.6. The number of alkyl carbamates (subject to hydrolysis) is 1. The zero-order chi connectivity index (χ0) is 29.9. The Balaban J connectivity index is 1.28. The Hall–Kier alpha value is -4.84. The van der Waals surface area contributed by atoms with Crippen molar-refractivity contribution in [2.45, 2.75) is 64.6 Å². The maximum Gasteiger partial charge on any atom is 0.407 e. The maximum absolute atomic E-state index is 13.4. The van der Waals surface area contributed by atoms with Gasteiger partial charge in [-0.2, -0.15) is 5.26 Å². The highest BCUT2D eigenvalue weighted by molar-refractivity contribution is 6.00. The molecule has 0 unspecified atom stereocenters. The van der Waals surface area contributed by atoms with Crippen molar-refractivity contribution in [2.24, 2.45) is 5.92 Å². The minimum Gasteiger partial charge on any atom is -0.444 e. The predicted octanol–water partition coefficient (Wildman–Crippen LogP) is 5.56. The molecular weight excluding hydrogens is 530 g/mol. The molecule has 216 valence electrons. The van der Waals surface area contributed by atoms with Crippen LogP contribution < -0.4 is 16.2 Å². The molecule has 1 heterocycles. The molecule has 1 aliphatic rings. The van der Waals surface area contributed by atoms with Gasteiger partial charge in [0.15, 0.2) is 0 Å². The number of hydrogen-bond donors (Lipinski definition) is 3. The number of hydrogen-bond acceptors (Lipinski definition) is 5. The summed E-state index contributed by atoms with van der Waals surface area (Å²) in [4.78, 5) is 38.5. The summed E-state index contributed by atoms with van der Waals surface area (Å²) in [5, 5.41) is 15.4. The molecule has 3 amide bonds. The lowest BCUT2D eigenvalue weighted by Crippen LogP contribution is -2.47. The van der Waals surface area contributed by atoms with Crippen molar-refractivity contribution in [1.82, 2.24) is 20.7 Å². The van der Waals surface area contributed by atoms with Crippen LogP contribution in [0.15, 0.2) is 66.7 Å². The average molecular weight is 566 g/mol. The minimum absolute atomic E-state index is 0.0541. The molecular formula is C33H35N5O4. The molecule has 9 nitrogen and oxygen atoms in total. The number of hydrazine groups is 1. The number of benzene rings is 3. The number of aromatic nitrogens is 1. The summed E-state index contributed by atoms with van der Waals surface area (Å²) in [5.74, 6) is -0.983. The van der Waals surface area contributed by atoms with Crippen molar-refractivity contribution in [3.05, 3.63) is 83.6 Å². The summed E-state index contributed by atoms with van der Waals surface area (Å²) < 4.78 is 7.21. The zero-order valence-electron chi connectivity index (χ0n) is 24.1. The van der Waals surface area contributed by atoms with Crippen LogP contribution in [0, 0.1) is 17.2 Å². The lowest BCUT2D eigenvalue weighted by atomic mass is 9.85. The number of amides is 3. The third-order valence-corrected chi connectivity index (χ3v) is 7.59. The summed E-state index contributed by atoms with van der Waals surface area (Å²) in [6.45, 7) is 5.85. The van der Waals surface area contributed by atoms with Gasteiger partial charge in [0.1, 0.15) is 11.3 Å². The van der Waals surface area contributed by atoms with E-state index in [9.17, 15) is 19.6 Å². The van der Waals surface area contributed by atoms with Crippen LogP contribution in [0.4, 0.5) is 4.79 Å². The first-order chi connectivity index (χ1) is 20.1. The van der Waals surface area contributed by atoms with E-state index < -0.39 is 17.6 Å². The average Bonchev–Trinajstić information content (AvgIpc) is 3.32. The Bertz CT molecular complexity index is 1680. The van der Waals surface area contributed by atoms with Crippen molar-refractivity contribution in [3.63, 3.8) is 0 Å². The van der Waals surface area contributed by atoms with Crippen LogP contribution in [0.5, 0.6) is 0 Å². The molecule has 1 saturated carbocycles. The van der Waals surface area contributed by atoms with Gasteiger partial charge in [-0.3, -0.25) is 20.4 Å². The van der Waals surface area contributed by atoms with Crippen LogP contribution >= 0.6 is 0 Å². The van der Waals surface area contributed by atoms with E-state index >= 15 is 0 Å². The summed E-state index contributed by atoms with van der Waals surface area (Å²) in [6.07, 6.45) is 2.00. The first kappa shape index (κ1) is 28.7. The second-order valence-electron chi connectivity index (χ2n) is 11.8. The van der Waals surface area contributed by atoms with E-state index in [1.54, 1.807) is 18.2 Å². The van der Waals surface area contributed by atoms with Gasteiger partial charge in [-0.05, 0) is 81.0 Å². The standard InChI is InChI=1S/C33H35N5O4/c1-33(2,3)42-32(41)35-26-15-13-23(14-16-26)30(39)36-37-31(40)29-18-24-12-11-21(19-34)17-28(24)38(29)20-25-9-6-8-22-7-4-5-10-27(22)25/h4-12,17-18,23,26H,13-16,20H2,1-3H3,(H,35,41)(H,36,39)(H,37,40). The topological polar surface area (TPSA) is 125 Å². The van der Waals surface area contributed by atoms with E-state index in [1.165, 1.54) is 0 Å². The molecule has 0 aliphatic heterocycles. The molecule has 0 radical (unpaired) electrons. The lowest BCUT2D eigenvalue weighted by molar-refractivity contribution is -0.126. The Morgan fingerprint density at radius 3 is 2.40 bits per heavy atom. The smallest absolute Gasteiger partial charge is 0.407 e. The highest BCUT2D eigenvalue weighted by Crippen LogP contribution is 2.27. The van der Waals surface area contributed by atoms with Gasteiger partial charge >= 0.3 is 6.09 Å². The summed E-state index contributed by atoms with van der Waals surface area (Å²) in [7, 11) is 0. The maximum atomic E-state index is 13.4. The number of carbonyl (C=O) groups excluding carboxylic acids is 3. The van der Waals surface area contributed by atoms with Crippen LogP contribution in [0.1, 0.15) is 68.1 Å². The van der Waals surface area contributed by atoms with E-state index in [4.69, 9.17) is 4.74 Å². The molecule has 1 aliphatic carbocycles. The molecule has 0 spiro atoms. The second-order valence-corrected chi connectivity index (χ2v) is 11.8. The van der Waals surface area contributed by atoms with Gasteiger partial charge in [0.05, 0.1) is 17.1 Å². The minimum atomic E-state index is -0.571. The molecule has 4 aromatic rings. The van der Waals surface area contributed by atoms with E-state index in [2.05, 4.69) is 28.3 Å². The number of carbonyl (C=O) groups is 3. The van der Waals surface area contributed by atoms with E-state index in [-0.39, 0.29) is 17.9 Å². The van der Waals surface area contributed by atoms with Crippen LogP contribution in [0.3, 0.4) is 0 Å². The first-order valence-corrected chi connectivity index (χ1v) is 14.2. The van der Waals surface area contributed by atoms with Crippen molar-refractivity contribution in [1.29, 1.82) is 5.26 Å². The highest BCUT2D eigenvalue weighted by Gasteiger charge is 2.29. The van der Waals surface area contributed by atoms with Crippen LogP contribution in [-0.2, 0) is 16.1 Å². The summed E-state index contributed by atoms with van der Waals surface area (Å²) in [5.41, 5.74) is 7.30. The van der Waals surface area contributed by atoms with Gasteiger partial charge in [-0.25, -0.2) is 4.79 Å². The second kappa shape index (κ2) is 12.0. The van der Waals surface area contributed by atoms with Crippen molar-refractivity contribution >= 4 is 39.6 Å². The quantitative estimate of drug-likeness (QED) is 0.273. The third-order valence-electron chi connectivity index (χ3n) is 7.59. The van der Waals surface area contributed by atoms with Gasteiger partial charge in [-0.1, -0.05) is 48.5 Å². The fourth-order valence-electron chi connectivity index (χ4n) is 5.54. The molecule has 5 rings (SSSR count). The molecule has 0 saturated heterocycles. The lowest BCUT2D eigenvalue weighted by Gasteiger charge is -2.29. The van der Waals surface area contributed by atoms with Gasteiger partial charge in [0.25, 0.3) is 5.91 Å². The molecule has 0 atom stereocenters. The molecule has 1 aromatic heterocycles. The number of ether oxygens (including phenoxy) is 1. The fraction of sp³-hybridized carbons (Fsp3) is 0.333. The van der Waals surface area contributed by atoms with Gasteiger partial charge in [-0.15, -0.1) is 0 Å².